The summed E-state index contributed by atoms with van der Waals surface area (Å²) < 4.78 is 31.9. The van der Waals surface area contributed by atoms with Crippen molar-refractivity contribution >= 4 is 10.1 Å². The number of aromatic hydroxyl groups is 1. The minimum absolute atomic E-state index is 0.0184. The quantitative estimate of drug-likeness (QED) is 0.728. The van der Waals surface area contributed by atoms with E-state index < -0.39 is 21.4 Å². The molecule has 0 amide bonds. The van der Waals surface area contributed by atoms with Gasteiger partial charge in [0.25, 0.3) is 15.7 Å². The van der Waals surface area contributed by atoms with Crippen LogP contribution in [0.4, 0.5) is 0 Å². The first-order valence-electron chi connectivity index (χ1n) is 6.14. The fourth-order valence-electron chi connectivity index (χ4n) is 1.91. The lowest BCUT2D eigenvalue weighted by atomic mass is 10.1. The molecule has 0 aliphatic heterocycles. The van der Waals surface area contributed by atoms with E-state index in [0.717, 1.165) is 11.1 Å². The van der Waals surface area contributed by atoms with Gasteiger partial charge in [0.15, 0.2) is 5.88 Å². The van der Waals surface area contributed by atoms with Crippen molar-refractivity contribution in [1.29, 1.82) is 0 Å². The van der Waals surface area contributed by atoms with E-state index in [-0.39, 0.29) is 18.0 Å². The number of nitrogens with zero attached hydrogens (tertiary/aromatic N) is 2. The van der Waals surface area contributed by atoms with Gasteiger partial charge in [-0.1, -0.05) is 0 Å². The third-order valence-electron chi connectivity index (χ3n) is 2.92. The van der Waals surface area contributed by atoms with Gasteiger partial charge in [-0.2, -0.15) is 8.42 Å². The monoisotopic (exact) mass is 304 g/mol. The molecule has 0 bridgehead atoms. The number of pyridine rings is 1. The lowest BCUT2D eigenvalue weighted by Crippen LogP contribution is -2.27. The Kier molecular flexibility index (Phi) is 5.32. The van der Waals surface area contributed by atoms with Crippen molar-refractivity contribution in [3.8, 4) is 5.88 Å². The number of hydrogen-bond acceptors (Lipinski definition) is 5. The highest BCUT2D eigenvalue weighted by Crippen LogP contribution is 2.14. The minimum Gasteiger partial charge on any atom is -0.494 e. The molecule has 1 rings (SSSR count). The van der Waals surface area contributed by atoms with Crippen LogP contribution in [0.2, 0.25) is 0 Å². The van der Waals surface area contributed by atoms with Crippen molar-refractivity contribution in [1.82, 2.24) is 9.47 Å². The first-order chi connectivity index (χ1) is 9.11. The van der Waals surface area contributed by atoms with E-state index in [2.05, 4.69) is 0 Å². The SMILES string of the molecule is Cc1cc(O)n(CCCN(C)C)c(=O)c1CS(=O)(=O)O. The van der Waals surface area contributed by atoms with Gasteiger partial charge in [0.05, 0.1) is 0 Å². The molecule has 0 saturated carbocycles. The van der Waals surface area contributed by atoms with Crippen LogP contribution in [0, 0.1) is 6.92 Å². The van der Waals surface area contributed by atoms with Crippen molar-refractivity contribution < 1.29 is 18.1 Å². The Labute approximate surface area is 118 Å². The van der Waals surface area contributed by atoms with E-state index in [1.165, 1.54) is 13.0 Å². The van der Waals surface area contributed by atoms with Crippen molar-refractivity contribution in [3.63, 3.8) is 0 Å². The molecule has 0 unspecified atom stereocenters. The van der Waals surface area contributed by atoms with Crippen LogP contribution in [0.3, 0.4) is 0 Å². The molecule has 8 heteroatoms. The second kappa shape index (κ2) is 6.38. The topological polar surface area (TPSA) is 99.8 Å². The maximum Gasteiger partial charge on any atom is 0.269 e. The highest BCUT2D eigenvalue weighted by atomic mass is 32.2. The number of aromatic nitrogens is 1. The lowest BCUT2D eigenvalue weighted by Gasteiger charge is -2.14. The van der Waals surface area contributed by atoms with Crippen LogP contribution in [0.5, 0.6) is 5.88 Å². The maximum absolute atomic E-state index is 12.2. The molecule has 2 N–H and O–H groups in total. The van der Waals surface area contributed by atoms with Crippen molar-refractivity contribution in [2.24, 2.45) is 0 Å². The molecule has 0 aliphatic rings. The summed E-state index contributed by atoms with van der Waals surface area (Å²) in [5.41, 5.74) is -0.261. The maximum atomic E-state index is 12.2. The molecule has 0 saturated heterocycles. The number of hydrogen-bond donors (Lipinski definition) is 2. The molecule has 0 fully saturated rings. The number of rotatable bonds is 6. The molecule has 1 heterocycles. The van der Waals surface area contributed by atoms with Gasteiger partial charge in [-0.25, -0.2) is 0 Å². The Bertz CT molecular complexity index is 634. The molecule has 20 heavy (non-hydrogen) atoms. The third kappa shape index (κ3) is 4.62. The van der Waals surface area contributed by atoms with Gasteiger partial charge in [-0.05, 0) is 39.5 Å². The molecule has 0 aromatic carbocycles. The molecule has 0 radical (unpaired) electrons. The fourth-order valence-corrected chi connectivity index (χ4v) is 2.63. The lowest BCUT2D eigenvalue weighted by molar-refractivity contribution is 0.361. The summed E-state index contributed by atoms with van der Waals surface area (Å²) in [5, 5.41) is 9.80. The predicted molar refractivity (Wildman–Crippen MR) is 75.5 cm³/mol. The summed E-state index contributed by atoms with van der Waals surface area (Å²) in [7, 11) is -0.508. The average Bonchev–Trinajstić information content (AvgIpc) is 2.27. The van der Waals surface area contributed by atoms with Crippen LogP contribution >= 0.6 is 0 Å². The van der Waals surface area contributed by atoms with Crippen LogP contribution < -0.4 is 5.56 Å². The van der Waals surface area contributed by atoms with E-state index in [9.17, 15) is 18.3 Å². The summed E-state index contributed by atoms with van der Waals surface area (Å²) in [6.45, 7) is 2.53. The van der Waals surface area contributed by atoms with Gasteiger partial charge >= 0.3 is 0 Å². The van der Waals surface area contributed by atoms with E-state index in [0.29, 0.717) is 12.0 Å². The third-order valence-corrected chi connectivity index (χ3v) is 3.57. The van der Waals surface area contributed by atoms with Crippen LogP contribution in [-0.2, 0) is 22.4 Å². The largest absolute Gasteiger partial charge is 0.494 e. The van der Waals surface area contributed by atoms with E-state index in [1.54, 1.807) is 0 Å². The first kappa shape index (κ1) is 16.7. The summed E-state index contributed by atoms with van der Waals surface area (Å²) in [6, 6.07) is 1.33. The second-order valence-corrected chi connectivity index (χ2v) is 6.46. The molecule has 1 aromatic rings. The predicted octanol–water partition coefficient (Wildman–Crippen LogP) is 0.202. The molecule has 0 spiro atoms. The number of aryl methyl sites for hydroxylation is 1. The Hall–Kier alpha value is -1.38. The van der Waals surface area contributed by atoms with E-state index in [1.807, 2.05) is 19.0 Å². The van der Waals surface area contributed by atoms with Gasteiger partial charge in [-0.3, -0.25) is 13.9 Å². The van der Waals surface area contributed by atoms with E-state index in [4.69, 9.17) is 4.55 Å². The minimum atomic E-state index is -4.29. The molecule has 1 aromatic heterocycles. The molecular weight excluding hydrogens is 284 g/mol. The van der Waals surface area contributed by atoms with Crippen LogP contribution in [0.25, 0.3) is 0 Å². The normalized spacial score (nSPS) is 12.1. The first-order valence-corrected chi connectivity index (χ1v) is 7.75. The average molecular weight is 304 g/mol. The van der Waals surface area contributed by atoms with Crippen LogP contribution in [0.1, 0.15) is 17.5 Å². The van der Waals surface area contributed by atoms with Gasteiger partial charge in [-0.15, -0.1) is 0 Å². The molecular formula is C12H20N2O5S. The van der Waals surface area contributed by atoms with Gasteiger partial charge < -0.3 is 10.0 Å². The fraction of sp³-hybridized carbons (Fsp3) is 0.583. The molecule has 114 valence electrons. The Balaban J connectivity index is 3.13. The van der Waals surface area contributed by atoms with E-state index >= 15 is 0 Å². The zero-order valence-corrected chi connectivity index (χ0v) is 12.6. The van der Waals surface area contributed by atoms with Gasteiger partial charge in [0.2, 0.25) is 0 Å². The van der Waals surface area contributed by atoms with Gasteiger partial charge in [0.1, 0.15) is 5.75 Å². The van der Waals surface area contributed by atoms with Crippen molar-refractivity contribution in [2.75, 3.05) is 20.6 Å². The molecule has 0 aliphatic carbocycles. The molecule has 0 atom stereocenters. The Morgan fingerprint density at radius 2 is 1.95 bits per heavy atom. The summed E-state index contributed by atoms with van der Waals surface area (Å²) >= 11 is 0. The summed E-state index contributed by atoms with van der Waals surface area (Å²) in [5.74, 6) is -0.948. The second-order valence-electron chi connectivity index (χ2n) is 5.00. The van der Waals surface area contributed by atoms with Gasteiger partial charge in [0, 0.05) is 18.2 Å². The summed E-state index contributed by atoms with van der Waals surface area (Å²) in [6.07, 6.45) is 0.634. The standard InChI is InChI=1S/C12H20N2O5S/c1-9-7-11(15)14(6-4-5-13(2)3)12(16)10(9)8-20(17,18)19/h7,15H,4-6,8H2,1-3H3,(H,17,18,19). The Morgan fingerprint density at radius 1 is 1.35 bits per heavy atom. The highest BCUT2D eigenvalue weighted by molar-refractivity contribution is 7.85. The van der Waals surface area contributed by atoms with Crippen LogP contribution in [-0.4, -0.2) is 48.2 Å². The molecule has 7 nitrogen and oxygen atoms in total. The zero-order chi connectivity index (χ0) is 15.5. The van der Waals surface area contributed by atoms with Crippen LogP contribution in [0.15, 0.2) is 10.9 Å². The van der Waals surface area contributed by atoms with Crippen molar-refractivity contribution in [2.45, 2.75) is 25.6 Å². The highest BCUT2D eigenvalue weighted by Gasteiger charge is 2.17. The summed E-state index contributed by atoms with van der Waals surface area (Å²) in [4.78, 5) is 14.1. The Morgan fingerprint density at radius 3 is 2.45 bits per heavy atom. The van der Waals surface area contributed by atoms with Crippen molar-refractivity contribution in [3.05, 3.63) is 27.5 Å². The zero-order valence-electron chi connectivity index (χ0n) is 11.8. The smallest absolute Gasteiger partial charge is 0.269 e.